The molecular formula is C11H10NO2. The Hall–Kier alpha value is -1.61. The summed E-state index contributed by atoms with van der Waals surface area (Å²) in [5.74, 6) is 0.503. The lowest BCUT2D eigenvalue weighted by molar-refractivity contribution is 0.102. The minimum absolute atomic E-state index is 0.448. The molecule has 3 heteroatoms. The number of oxazole rings is 1. The first-order chi connectivity index (χ1) is 6.77. The van der Waals surface area contributed by atoms with Crippen LogP contribution in [0.15, 0.2) is 41.0 Å². The van der Waals surface area contributed by atoms with E-state index in [0.29, 0.717) is 11.6 Å². The zero-order chi connectivity index (χ0) is 9.97. The zero-order valence-electron chi connectivity index (χ0n) is 7.81. The molecule has 14 heavy (non-hydrogen) atoms. The maximum atomic E-state index is 11.1. The van der Waals surface area contributed by atoms with E-state index in [1.807, 2.05) is 30.3 Å². The monoisotopic (exact) mass is 188 g/mol. The van der Waals surface area contributed by atoms with Gasteiger partial charge in [-0.15, -0.1) is 0 Å². The van der Waals surface area contributed by atoms with E-state index in [2.05, 4.69) is 4.98 Å². The normalized spacial score (nSPS) is 12.7. The standard InChI is InChI=1S/C11H10NO2/c1-8(13)10-7-14-11(12-10)9-5-3-2-4-6-9/h2-8H,1H3. The predicted octanol–water partition coefficient (Wildman–Crippen LogP) is 2.83. The van der Waals surface area contributed by atoms with Crippen molar-refractivity contribution >= 4 is 0 Å². The molecule has 3 nitrogen and oxygen atoms in total. The third kappa shape index (κ3) is 1.67. The van der Waals surface area contributed by atoms with Gasteiger partial charge in [-0.05, 0) is 19.1 Å². The van der Waals surface area contributed by atoms with Gasteiger partial charge in [-0.25, -0.2) is 10.1 Å². The smallest absolute Gasteiger partial charge is 0.226 e. The van der Waals surface area contributed by atoms with E-state index in [9.17, 15) is 5.11 Å². The van der Waals surface area contributed by atoms with Crippen LogP contribution < -0.4 is 0 Å². The van der Waals surface area contributed by atoms with Crippen molar-refractivity contribution in [2.24, 2.45) is 0 Å². The molecule has 1 unspecified atom stereocenters. The Morgan fingerprint density at radius 2 is 2.00 bits per heavy atom. The van der Waals surface area contributed by atoms with E-state index in [-0.39, 0.29) is 0 Å². The average Bonchev–Trinajstić information content (AvgIpc) is 2.68. The van der Waals surface area contributed by atoms with Crippen molar-refractivity contribution in [3.05, 3.63) is 42.3 Å². The van der Waals surface area contributed by atoms with E-state index in [1.165, 1.54) is 6.26 Å². The Bertz CT molecular complexity index is 406. The van der Waals surface area contributed by atoms with Crippen LogP contribution in [0.4, 0.5) is 0 Å². The van der Waals surface area contributed by atoms with Crippen LogP contribution in [0.2, 0.25) is 0 Å². The number of nitrogens with zero attached hydrogens (tertiary/aromatic N) is 1. The number of hydrogen-bond acceptors (Lipinski definition) is 2. The second kappa shape index (κ2) is 3.64. The summed E-state index contributed by atoms with van der Waals surface area (Å²) in [7, 11) is 0. The fourth-order valence-electron chi connectivity index (χ4n) is 1.19. The highest BCUT2D eigenvalue weighted by atomic mass is 16.3. The Morgan fingerprint density at radius 1 is 1.29 bits per heavy atom. The SMILES string of the molecule is CC([O])c1coc(-c2ccccc2)n1. The molecular weight excluding hydrogens is 178 g/mol. The second-order valence-electron chi connectivity index (χ2n) is 3.09. The molecule has 1 heterocycles. The van der Waals surface area contributed by atoms with E-state index < -0.39 is 6.10 Å². The molecule has 1 radical (unpaired) electrons. The van der Waals surface area contributed by atoms with Crippen molar-refractivity contribution in [3.63, 3.8) is 0 Å². The molecule has 0 N–H and O–H groups in total. The Labute approximate surface area is 82.0 Å². The summed E-state index contributed by atoms with van der Waals surface area (Å²) in [5, 5.41) is 11.1. The van der Waals surface area contributed by atoms with Crippen LogP contribution in [-0.2, 0) is 5.11 Å². The number of hydrogen-bond donors (Lipinski definition) is 0. The van der Waals surface area contributed by atoms with Crippen molar-refractivity contribution in [1.29, 1.82) is 0 Å². The largest absolute Gasteiger partial charge is 0.444 e. The van der Waals surface area contributed by atoms with Gasteiger partial charge < -0.3 is 4.42 Å². The lowest BCUT2D eigenvalue weighted by atomic mass is 10.2. The van der Waals surface area contributed by atoms with Gasteiger partial charge in [-0.2, -0.15) is 0 Å². The lowest BCUT2D eigenvalue weighted by Gasteiger charge is -1.93. The van der Waals surface area contributed by atoms with E-state index in [1.54, 1.807) is 6.92 Å². The Morgan fingerprint density at radius 3 is 2.57 bits per heavy atom. The molecule has 1 aromatic carbocycles. The molecule has 2 aromatic rings. The van der Waals surface area contributed by atoms with Gasteiger partial charge in [0.1, 0.15) is 18.1 Å². The van der Waals surface area contributed by atoms with Crippen LogP contribution >= 0.6 is 0 Å². The fraction of sp³-hybridized carbons (Fsp3) is 0.182. The summed E-state index contributed by atoms with van der Waals surface area (Å²) in [4.78, 5) is 4.10. The van der Waals surface area contributed by atoms with Crippen LogP contribution in [0.1, 0.15) is 18.7 Å². The van der Waals surface area contributed by atoms with Crippen molar-refractivity contribution in [3.8, 4) is 11.5 Å². The van der Waals surface area contributed by atoms with Crippen molar-refractivity contribution in [2.45, 2.75) is 13.0 Å². The maximum absolute atomic E-state index is 11.1. The summed E-state index contributed by atoms with van der Waals surface area (Å²) < 4.78 is 5.20. The van der Waals surface area contributed by atoms with Crippen LogP contribution in [0, 0.1) is 0 Å². The minimum atomic E-state index is -0.837. The van der Waals surface area contributed by atoms with Gasteiger partial charge in [0.05, 0.1) is 0 Å². The molecule has 0 bridgehead atoms. The summed E-state index contributed by atoms with van der Waals surface area (Å²) >= 11 is 0. The third-order valence-corrected chi connectivity index (χ3v) is 1.96. The van der Waals surface area contributed by atoms with Crippen LogP contribution in [0.25, 0.3) is 11.5 Å². The molecule has 1 aromatic heterocycles. The van der Waals surface area contributed by atoms with Crippen molar-refractivity contribution < 1.29 is 9.52 Å². The molecule has 0 saturated heterocycles. The summed E-state index contributed by atoms with van der Waals surface area (Å²) in [5.41, 5.74) is 1.34. The van der Waals surface area contributed by atoms with Gasteiger partial charge in [-0.1, -0.05) is 18.2 Å². The van der Waals surface area contributed by atoms with Gasteiger partial charge in [0.25, 0.3) is 0 Å². The quantitative estimate of drug-likeness (QED) is 0.727. The van der Waals surface area contributed by atoms with E-state index in [0.717, 1.165) is 5.56 Å². The summed E-state index contributed by atoms with van der Waals surface area (Å²) in [6.45, 7) is 1.55. The first-order valence-corrected chi connectivity index (χ1v) is 4.44. The highest BCUT2D eigenvalue weighted by Gasteiger charge is 2.10. The van der Waals surface area contributed by atoms with Gasteiger partial charge >= 0.3 is 0 Å². The molecule has 2 rings (SSSR count). The Balaban J connectivity index is 2.34. The highest BCUT2D eigenvalue weighted by molar-refractivity contribution is 5.52. The second-order valence-corrected chi connectivity index (χ2v) is 3.09. The number of rotatable bonds is 2. The molecule has 1 atom stereocenters. The zero-order valence-corrected chi connectivity index (χ0v) is 7.81. The molecule has 0 aliphatic carbocycles. The van der Waals surface area contributed by atoms with Crippen LogP contribution in [0.5, 0.6) is 0 Å². The van der Waals surface area contributed by atoms with Gasteiger partial charge in [-0.3, -0.25) is 0 Å². The van der Waals surface area contributed by atoms with E-state index in [4.69, 9.17) is 4.42 Å². The predicted molar refractivity (Wildman–Crippen MR) is 51.0 cm³/mol. The maximum Gasteiger partial charge on any atom is 0.226 e. The first kappa shape index (κ1) is 8.97. The first-order valence-electron chi connectivity index (χ1n) is 4.44. The molecule has 0 fully saturated rings. The van der Waals surface area contributed by atoms with Gasteiger partial charge in [0.2, 0.25) is 5.89 Å². The number of aromatic nitrogens is 1. The molecule has 71 valence electrons. The lowest BCUT2D eigenvalue weighted by Crippen LogP contribution is -1.88. The topological polar surface area (TPSA) is 45.9 Å². The van der Waals surface area contributed by atoms with Gasteiger partial charge in [0.15, 0.2) is 0 Å². The average molecular weight is 188 g/mol. The minimum Gasteiger partial charge on any atom is -0.444 e. The van der Waals surface area contributed by atoms with Crippen LogP contribution in [0.3, 0.4) is 0 Å². The van der Waals surface area contributed by atoms with Crippen molar-refractivity contribution in [1.82, 2.24) is 4.98 Å². The van der Waals surface area contributed by atoms with E-state index >= 15 is 0 Å². The third-order valence-electron chi connectivity index (χ3n) is 1.96. The molecule has 0 spiro atoms. The summed E-state index contributed by atoms with van der Waals surface area (Å²) in [6, 6.07) is 9.51. The van der Waals surface area contributed by atoms with Crippen molar-refractivity contribution in [2.75, 3.05) is 0 Å². The fourth-order valence-corrected chi connectivity index (χ4v) is 1.19. The van der Waals surface area contributed by atoms with Gasteiger partial charge in [0, 0.05) is 5.56 Å². The van der Waals surface area contributed by atoms with Crippen LogP contribution in [-0.4, -0.2) is 4.98 Å². The molecule has 0 saturated carbocycles. The number of benzene rings is 1. The summed E-state index contributed by atoms with van der Waals surface area (Å²) in [6.07, 6.45) is 0.580. The highest BCUT2D eigenvalue weighted by Crippen LogP contribution is 2.20. The Kier molecular flexibility index (Phi) is 2.33. The molecule has 0 amide bonds. The molecule has 0 aliphatic heterocycles. The molecule has 0 aliphatic rings.